The van der Waals surface area contributed by atoms with Crippen LogP contribution in [0.4, 0.5) is 4.79 Å². The van der Waals surface area contributed by atoms with E-state index in [9.17, 15) is 4.79 Å². The Kier molecular flexibility index (Phi) is 5.32. The minimum Gasteiger partial charge on any atom is -0.461 e. The van der Waals surface area contributed by atoms with Crippen molar-refractivity contribution in [3.63, 3.8) is 0 Å². The van der Waals surface area contributed by atoms with Crippen LogP contribution in [-0.2, 0) is 4.74 Å². The van der Waals surface area contributed by atoms with Crippen molar-refractivity contribution in [2.75, 3.05) is 18.7 Å². The van der Waals surface area contributed by atoms with Crippen LogP contribution in [0.25, 0.3) is 0 Å². The van der Waals surface area contributed by atoms with Crippen LogP contribution < -0.4 is 0 Å². The minimum absolute atomic E-state index is 0.273. The topological polar surface area (TPSA) is 26.3 Å². The molecule has 8 heavy (non-hydrogen) atoms. The first-order valence-corrected chi connectivity index (χ1v) is 3.60. The highest BCUT2D eigenvalue weighted by Gasteiger charge is 1.96. The molecule has 0 aromatic carbocycles. The second kappa shape index (κ2) is 5.25. The molecule has 0 aliphatic carbocycles. The Bertz CT molecular complexity index is 76.4. The summed E-state index contributed by atoms with van der Waals surface area (Å²) >= 11 is 6.36. The molecule has 0 rings (SSSR count). The molecule has 0 fully saturated rings. The van der Waals surface area contributed by atoms with Gasteiger partial charge in [0, 0.05) is 11.6 Å². The fraction of sp³-hybridized carbons (Fsp3) is 0.750. The first kappa shape index (κ1) is 8.11. The molecule has 0 aromatic heterocycles. The monoisotopic (exact) mass is 154 g/mol. The van der Waals surface area contributed by atoms with Crippen LogP contribution in [0.5, 0.6) is 0 Å². The predicted octanol–water partition coefficient (Wildman–Crippen LogP) is 1.72. The number of halogens is 1. The van der Waals surface area contributed by atoms with E-state index in [1.165, 1.54) is 7.11 Å². The molecule has 0 radical (unpaired) electrons. The fourth-order valence-corrected chi connectivity index (χ4v) is 0.774. The standard InChI is InChI=1S/C4H7ClO2S/c1-7-4(6)8-3-2-5/h2-3H2,1H3. The van der Waals surface area contributed by atoms with E-state index in [0.29, 0.717) is 11.6 Å². The van der Waals surface area contributed by atoms with Gasteiger partial charge in [0.05, 0.1) is 7.11 Å². The molecule has 0 heterocycles. The Morgan fingerprint density at radius 3 is 2.88 bits per heavy atom. The van der Waals surface area contributed by atoms with Gasteiger partial charge < -0.3 is 4.74 Å². The predicted molar refractivity (Wildman–Crippen MR) is 35.6 cm³/mol. The summed E-state index contributed by atoms with van der Waals surface area (Å²) in [4.78, 5) is 10.3. The molecule has 0 N–H and O–H groups in total. The maximum atomic E-state index is 10.3. The summed E-state index contributed by atoms with van der Waals surface area (Å²) in [7, 11) is 1.35. The number of thioether (sulfide) groups is 1. The molecule has 0 aliphatic heterocycles. The summed E-state index contributed by atoms with van der Waals surface area (Å²) < 4.78 is 4.32. The number of carbonyl (C=O) groups is 1. The van der Waals surface area contributed by atoms with Crippen molar-refractivity contribution in [3.05, 3.63) is 0 Å². The summed E-state index contributed by atoms with van der Waals surface area (Å²) in [6.07, 6.45) is 0. The molecule has 0 spiro atoms. The summed E-state index contributed by atoms with van der Waals surface area (Å²) in [5, 5.41) is -0.273. The normalized spacial score (nSPS) is 8.75. The Morgan fingerprint density at radius 2 is 2.50 bits per heavy atom. The van der Waals surface area contributed by atoms with Gasteiger partial charge in [0.15, 0.2) is 0 Å². The van der Waals surface area contributed by atoms with Gasteiger partial charge in [-0.15, -0.1) is 11.6 Å². The number of hydrogen-bond acceptors (Lipinski definition) is 3. The molecule has 48 valence electrons. The first-order valence-electron chi connectivity index (χ1n) is 2.08. The Morgan fingerprint density at radius 1 is 1.88 bits per heavy atom. The van der Waals surface area contributed by atoms with Crippen LogP contribution in [0, 0.1) is 0 Å². The minimum atomic E-state index is -0.273. The van der Waals surface area contributed by atoms with Gasteiger partial charge in [0.2, 0.25) is 0 Å². The van der Waals surface area contributed by atoms with Crippen molar-refractivity contribution in [1.82, 2.24) is 0 Å². The van der Waals surface area contributed by atoms with Crippen molar-refractivity contribution < 1.29 is 9.53 Å². The number of rotatable bonds is 2. The van der Waals surface area contributed by atoms with E-state index in [1.807, 2.05) is 0 Å². The van der Waals surface area contributed by atoms with Gasteiger partial charge in [-0.2, -0.15) is 0 Å². The van der Waals surface area contributed by atoms with Crippen molar-refractivity contribution >= 4 is 28.7 Å². The average Bonchev–Trinajstić information content (AvgIpc) is 1.83. The van der Waals surface area contributed by atoms with Gasteiger partial charge in [-0.3, -0.25) is 0 Å². The SMILES string of the molecule is COC(=O)SCCCl. The summed E-state index contributed by atoms with van der Waals surface area (Å²) in [6.45, 7) is 0. The number of ether oxygens (including phenoxy) is 1. The third kappa shape index (κ3) is 4.27. The van der Waals surface area contributed by atoms with Gasteiger partial charge in [0.25, 0.3) is 0 Å². The highest BCUT2D eigenvalue weighted by Crippen LogP contribution is 2.03. The van der Waals surface area contributed by atoms with Crippen LogP contribution in [0.15, 0.2) is 0 Å². The second-order valence-electron chi connectivity index (χ2n) is 0.992. The molecular formula is C4H7ClO2S. The van der Waals surface area contributed by atoms with Crippen molar-refractivity contribution in [2.45, 2.75) is 0 Å². The fourth-order valence-electron chi connectivity index (χ4n) is 0.181. The van der Waals surface area contributed by atoms with Crippen LogP contribution in [0.3, 0.4) is 0 Å². The Hall–Kier alpha value is 0.110. The lowest BCUT2D eigenvalue weighted by Crippen LogP contribution is -1.92. The van der Waals surface area contributed by atoms with Crippen LogP contribution >= 0.6 is 23.4 Å². The third-order valence-corrected chi connectivity index (χ3v) is 1.69. The molecular weight excluding hydrogens is 148 g/mol. The third-order valence-electron chi connectivity index (χ3n) is 0.464. The molecule has 0 amide bonds. The lowest BCUT2D eigenvalue weighted by Gasteiger charge is -1.92. The molecule has 0 aromatic rings. The number of methoxy groups -OCH3 is 1. The molecule has 0 aliphatic rings. The van der Waals surface area contributed by atoms with E-state index in [0.717, 1.165) is 11.8 Å². The van der Waals surface area contributed by atoms with E-state index in [2.05, 4.69) is 4.74 Å². The van der Waals surface area contributed by atoms with Crippen LogP contribution in [0.2, 0.25) is 0 Å². The highest BCUT2D eigenvalue weighted by atomic mass is 35.5. The van der Waals surface area contributed by atoms with Gasteiger partial charge >= 0.3 is 5.30 Å². The quantitative estimate of drug-likeness (QED) is 0.448. The number of carbonyl (C=O) groups excluding carboxylic acids is 1. The summed E-state index contributed by atoms with van der Waals surface area (Å²) in [5.41, 5.74) is 0. The van der Waals surface area contributed by atoms with Gasteiger partial charge in [-0.05, 0) is 11.8 Å². The zero-order valence-electron chi connectivity index (χ0n) is 4.52. The molecule has 0 bridgehead atoms. The van der Waals surface area contributed by atoms with E-state index >= 15 is 0 Å². The van der Waals surface area contributed by atoms with E-state index in [4.69, 9.17) is 11.6 Å². The maximum absolute atomic E-state index is 10.3. The molecule has 0 atom stereocenters. The zero-order valence-corrected chi connectivity index (χ0v) is 6.09. The van der Waals surface area contributed by atoms with E-state index in [1.54, 1.807) is 0 Å². The summed E-state index contributed by atoms with van der Waals surface area (Å²) in [5.74, 6) is 1.11. The maximum Gasteiger partial charge on any atom is 0.367 e. The van der Waals surface area contributed by atoms with Crippen molar-refractivity contribution in [1.29, 1.82) is 0 Å². The van der Waals surface area contributed by atoms with Crippen LogP contribution in [-0.4, -0.2) is 24.0 Å². The lowest BCUT2D eigenvalue weighted by atomic mass is 11.0. The average molecular weight is 155 g/mol. The van der Waals surface area contributed by atoms with E-state index < -0.39 is 0 Å². The van der Waals surface area contributed by atoms with Crippen LogP contribution in [0.1, 0.15) is 0 Å². The van der Waals surface area contributed by atoms with Gasteiger partial charge in [-0.1, -0.05) is 0 Å². The Balaban J connectivity index is 2.99. The Labute approximate surface area is 57.5 Å². The molecule has 4 heteroatoms. The number of hydrogen-bond donors (Lipinski definition) is 0. The second-order valence-corrected chi connectivity index (χ2v) is 2.40. The number of alkyl halides is 1. The first-order chi connectivity index (χ1) is 3.81. The zero-order chi connectivity index (χ0) is 6.41. The van der Waals surface area contributed by atoms with Gasteiger partial charge in [0.1, 0.15) is 0 Å². The van der Waals surface area contributed by atoms with E-state index in [-0.39, 0.29) is 5.30 Å². The van der Waals surface area contributed by atoms with Crippen molar-refractivity contribution in [2.24, 2.45) is 0 Å². The van der Waals surface area contributed by atoms with Crippen molar-refractivity contribution in [3.8, 4) is 0 Å². The largest absolute Gasteiger partial charge is 0.461 e. The molecule has 0 unspecified atom stereocenters. The summed E-state index contributed by atoms with van der Waals surface area (Å²) in [6, 6.07) is 0. The smallest absolute Gasteiger partial charge is 0.367 e. The molecule has 2 nitrogen and oxygen atoms in total. The molecule has 0 saturated heterocycles. The highest BCUT2D eigenvalue weighted by molar-refractivity contribution is 8.13. The molecule has 0 saturated carbocycles. The lowest BCUT2D eigenvalue weighted by molar-refractivity contribution is 0.200. The van der Waals surface area contributed by atoms with Gasteiger partial charge in [-0.25, -0.2) is 4.79 Å².